The summed E-state index contributed by atoms with van der Waals surface area (Å²) in [6.07, 6.45) is -0.541. The molecule has 0 aliphatic rings. The molecule has 0 saturated carbocycles. The van der Waals surface area contributed by atoms with Crippen molar-refractivity contribution in [3.63, 3.8) is 0 Å². The maximum absolute atomic E-state index is 11.6. The molecule has 2 aromatic rings. The molecule has 0 heterocycles. The van der Waals surface area contributed by atoms with Gasteiger partial charge in [-0.25, -0.2) is 4.79 Å². The van der Waals surface area contributed by atoms with Crippen molar-refractivity contribution in [1.29, 1.82) is 0 Å². The van der Waals surface area contributed by atoms with Gasteiger partial charge in [-0.2, -0.15) is 0 Å². The highest BCUT2D eigenvalue weighted by Crippen LogP contribution is 2.27. The molecule has 0 radical (unpaired) electrons. The van der Waals surface area contributed by atoms with Crippen molar-refractivity contribution in [2.75, 3.05) is 0 Å². The predicted molar refractivity (Wildman–Crippen MR) is 92.2 cm³/mol. The zero-order valence-electron chi connectivity index (χ0n) is 14.2. The van der Waals surface area contributed by atoms with Crippen LogP contribution in [-0.4, -0.2) is 17.2 Å². The molecule has 0 aliphatic carbocycles. The summed E-state index contributed by atoms with van der Waals surface area (Å²) in [6, 6.07) is 13.7. The third kappa shape index (κ3) is 4.59. The maximum Gasteiger partial charge on any atom is 0.345 e. The van der Waals surface area contributed by atoms with E-state index < -0.39 is 12.1 Å². The van der Waals surface area contributed by atoms with Gasteiger partial charge in [0.2, 0.25) is 0 Å². The first-order valence-electron chi connectivity index (χ1n) is 7.92. The van der Waals surface area contributed by atoms with Crippen LogP contribution < -0.4 is 4.74 Å². The molecule has 0 fully saturated rings. The molecule has 122 valence electrons. The lowest BCUT2D eigenvalue weighted by atomic mass is 10.0. The van der Waals surface area contributed by atoms with E-state index in [1.165, 1.54) is 0 Å². The minimum absolute atomic E-state index is 0.279. The highest BCUT2D eigenvalue weighted by atomic mass is 16.5. The van der Waals surface area contributed by atoms with E-state index in [1.807, 2.05) is 50.2 Å². The fraction of sp³-hybridized carbons (Fsp3) is 0.350. The first-order valence-corrected chi connectivity index (χ1v) is 7.92. The number of ether oxygens (including phenoxy) is 1. The summed E-state index contributed by atoms with van der Waals surface area (Å²) in [7, 11) is 0. The molecule has 0 amide bonds. The fourth-order valence-corrected chi connectivity index (χ4v) is 2.80. The standard InChI is InChI=1S/C20H24O3/c1-13(2)17-7-5-6-8-18(17)23-19(20(21)22)12-16-10-14(3)9-15(4)11-16/h5-11,13,19H,12H2,1-4H3,(H,21,22). The van der Waals surface area contributed by atoms with Gasteiger partial charge in [0.15, 0.2) is 6.10 Å². The number of carboxylic acids is 1. The Kier molecular flexibility index (Phi) is 5.43. The van der Waals surface area contributed by atoms with Gasteiger partial charge >= 0.3 is 5.97 Å². The van der Waals surface area contributed by atoms with E-state index in [1.54, 1.807) is 0 Å². The number of para-hydroxylation sites is 1. The summed E-state index contributed by atoms with van der Waals surface area (Å²) in [4.78, 5) is 11.6. The molecule has 23 heavy (non-hydrogen) atoms. The summed E-state index contributed by atoms with van der Waals surface area (Å²) in [6.45, 7) is 8.17. The summed E-state index contributed by atoms with van der Waals surface area (Å²) in [5.41, 5.74) is 4.27. The van der Waals surface area contributed by atoms with Crippen LogP contribution in [0.5, 0.6) is 5.75 Å². The third-order valence-electron chi connectivity index (χ3n) is 3.79. The number of rotatable bonds is 6. The number of carboxylic acid groups (broad SMARTS) is 1. The fourth-order valence-electron chi connectivity index (χ4n) is 2.80. The second kappa shape index (κ2) is 7.32. The van der Waals surface area contributed by atoms with Gasteiger partial charge in [0.25, 0.3) is 0 Å². The van der Waals surface area contributed by atoms with Crippen molar-refractivity contribution < 1.29 is 14.6 Å². The van der Waals surface area contributed by atoms with Crippen LogP contribution in [0.3, 0.4) is 0 Å². The lowest BCUT2D eigenvalue weighted by Gasteiger charge is -2.19. The molecular formula is C20H24O3. The van der Waals surface area contributed by atoms with E-state index in [0.717, 1.165) is 22.3 Å². The number of hydrogen-bond donors (Lipinski definition) is 1. The molecule has 0 aliphatic heterocycles. The van der Waals surface area contributed by atoms with Crippen LogP contribution in [0.4, 0.5) is 0 Å². The number of hydrogen-bond acceptors (Lipinski definition) is 2. The van der Waals surface area contributed by atoms with Crippen LogP contribution in [-0.2, 0) is 11.2 Å². The summed E-state index contributed by atoms with van der Waals surface area (Å²) in [5, 5.41) is 9.54. The predicted octanol–water partition coefficient (Wildman–Crippen LogP) is 4.50. The Morgan fingerprint density at radius 2 is 1.70 bits per heavy atom. The molecule has 2 rings (SSSR count). The van der Waals surface area contributed by atoms with Crippen LogP contribution >= 0.6 is 0 Å². The smallest absolute Gasteiger partial charge is 0.345 e. The Hall–Kier alpha value is -2.29. The Morgan fingerprint density at radius 1 is 1.09 bits per heavy atom. The lowest BCUT2D eigenvalue weighted by molar-refractivity contribution is -0.145. The first-order chi connectivity index (χ1) is 10.9. The largest absolute Gasteiger partial charge is 0.478 e. The first kappa shape index (κ1) is 17.1. The topological polar surface area (TPSA) is 46.5 Å². The number of carbonyl (C=O) groups is 1. The van der Waals surface area contributed by atoms with Crippen LogP contribution in [0, 0.1) is 13.8 Å². The molecule has 1 unspecified atom stereocenters. The zero-order valence-corrected chi connectivity index (χ0v) is 14.2. The Labute approximate surface area is 137 Å². The van der Waals surface area contributed by atoms with Gasteiger partial charge in [0.05, 0.1) is 0 Å². The molecular weight excluding hydrogens is 288 g/mol. The van der Waals surface area contributed by atoms with E-state index in [4.69, 9.17) is 4.74 Å². The van der Waals surface area contributed by atoms with Gasteiger partial charge in [-0.1, -0.05) is 61.4 Å². The van der Waals surface area contributed by atoms with Crippen molar-refractivity contribution in [2.24, 2.45) is 0 Å². The zero-order chi connectivity index (χ0) is 17.0. The van der Waals surface area contributed by atoms with Crippen LogP contribution in [0.25, 0.3) is 0 Å². The van der Waals surface area contributed by atoms with E-state index >= 15 is 0 Å². The van der Waals surface area contributed by atoms with Crippen molar-refractivity contribution in [1.82, 2.24) is 0 Å². The van der Waals surface area contributed by atoms with Crippen LogP contribution in [0.15, 0.2) is 42.5 Å². The van der Waals surface area contributed by atoms with Crippen LogP contribution in [0.2, 0.25) is 0 Å². The summed E-state index contributed by atoms with van der Waals surface area (Å²) >= 11 is 0. The van der Waals surface area contributed by atoms with E-state index in [0.29, 0.717) is 12.2 Å². The molecule has 2 aromatic carbocycles. The molecule has 0 spiro atoms. The van der Waals surface area contributed by atoms with Crippen molar-refractivity contribution in [2.45, 2.75) is 46.1 Å². The molecule has 1 atom stereocenters. The van der Waals surface area contributed by atoms with Gasteiger partial charge in [-0.15, -0.1) is 0 Å². The second-order valence-corrected chi connectivity index (χ2v) is 6.34. The van der Waals surface area contributed by atoms with Gasteiger partial charge in [0.1, 0.15) is 5.75 Å². The molecule has 3 nitrogen and oxygen atoms in total. The van der Waals surface area contributed by atoms with E-state index in [2.05, 4.69) is 19.9 Å². The Morgan fingerprint density at radius 3 is 2.26 bits per heavy atom. The molecule has 1 N–H and O–H groups in total. The summed E-state index contributed by atoms with van der Waals surface area (Å²) < 4.78 is 5.85. The lowest BCUT2D eigenvalue weighted by Crippen LogP contribution is -2.30. The molecule has 0 saturated heterocycles. The molecule has 0 bridgehead atoms. The van der Waals surface area contributed by atoms with Gasteiger partial charge in [0, 0.05) is 6.42 Å². The van der Waals surface area contributed by atoms with E-state index in [-0.39, 0.29) is 5.92 Å². The number of benzene rings is 2. The van der Waals surface area contributed by atoms with Gasteiger partial charge in [-0.05, 0) is 37.0 Å². The van der Waals surface area contributed by atoms with Crippen molar-refractivity contribution in [3.8, 4) is 5.75 Å². The molecule has 0 aromatic heterocycles. The minimum atomic E-state index is -0.942. The maximum atomic E-state index is 11.6. The normalized spacial score (nSPS) is 12.2. The average molecular weight is 312 g/mol. The third-order valence-corrected chi connectivity index (χ3v) is 3.79. The Balaban J connectivity index is 2.24. The number of aliphatic carboxylic acids is 1. The quantitative estimate of drug-likeness (QED) is 0.854. The van der Waals surface area contributed by atoms with Gasteiger partial charge < -0.3 is 9.84 Å². The van der Waals surface area contributed by atoms with E-state index in [9.17, 15) is 9.90 Å². The SMILES string of the molecule is Cc1cc(C)cc(CC(Oc2ccccc2C(C)C)C(=O)O)c1. The number of aryl methyl sites for hydroxylation is 2. The monoisotopic (exact) mass is 312 g/mol. The second-order valence-electron chi connectivity index (χ2n) is 6.34. The average Bonchev–Trinajstić information content (AvgIpc) is 2.45. The molecule has 3 heteroatoms. The summed E-state index contributed by atoms with van der Waals surface area (Å²) in [5.74, 6) is -0.0103. The van der Waals surface area contributed by atoms with Crippen LogP contribution in [0.1, 0.15) is 42.0 Å². The van der Waals surface area contributed by atoms with Gasteiger partial charge in [-0.3, -0.25) is 0 Å². The highest BCUT2D eigenvalue weighted by Gasteiger charge is 2.22. The Bertz CT molecular complexity index is 669. The highest BCUT2D eigenvalue weighted by molar-refractivity contribution is 5.73. The minimum Gasteiger partial charge on any atom is -0.478 e. The van der Waals surface area contributed by atoms with Crippen molar-refractivity contribution >= 4 is 5.97 Å². The van der Waals surface area contributed by atoms with Crippen molar-refractivity contribution in [3.05, 3.63) is 64.7 Å².